The first-order valence-corrected chi connectivity index (χ1v) is 25.7. The Morgan fingerprint density at radius 3 is 1.44 bits per heavy atom. The van der Waals surface area contributed by atoms with Crippen LogP contribution in [0.25, 0.3) is 0 Å². The Hall–Kier alpha value is -2.28. The number of nitrogens with one attached hydrogen (secondary N) is 2. The summed E-state index contributed by atoms with van der Waals surface area (Å²) in [5.41, 5.74) is 0. The van der Waals surface area contributed by atoms with Gasteiger partial charge in [0.1, 0.15) is 30.4 Å². The minimum absolute atomic E-state index is 0.0181. The van der Waals surface area contributed by atoms with E-state index >= 15 is 0 Å². The quantitative estimate of drug-likeness (QED) is 0.0325. The Labute approximate surface area is 377 Å². The zero-order valence-electron chi connectivity index (χ0n) is 40.1. The maximum absolute atomic E-state index is 14.1. The van der Waals surface area contributed by atoms with Gasteiger partial charge in [-0.3, -0.25) is 19.2 Å². The molecule has 1 heterocycles. The molecule has 12 nitrogen and oxygen atoms in total. The summed E-state index contributed by atoms with van der Waals surface area (Å²) in [4.78, 5) is 53.5. The van der Waals surface area contributed by atoms with Crippen LogP contribution >= 0.6 is 0 Å². The van der Waals surface area contributed by atoms with E-state index in [1.165, 1.54) is 122 Å². The minimum atomic E-state index is -1.55. The first kappa shape index (κ1) is 57.7. The highest BCUT2D eigenvalue weighted by molar-refractivity contribution is 5.88. The van der Waals surface area contributed by atoms with E-state index in [2.05, 4.69) is 24.5 Å². The molecule has 0 unspecified atom stereocenters. The molecular formula is C50H95N3O9. The van der Waals surface area contributed by atoms with Crippen molar-refractivity contribution < 1.29 is 44.3 Å². The summed E-state index contributed by atoms with van der Waals surface area (Å²) >= 11 is 0. The molecule has 364 valence electrons. The topological polar surface area (TPSA) is 186 Å². The molecule has 1 saturated heterocycles. The van der Waals surface area contributed by atoms with Gasteiger partial charge in [-0.15, -0.1) is 0 Å². The largest absolute Gasteiger partial charge is 0.481 e. The van der Waals surface area contributed by atoms with E-state index < -0.39 is 55.1 Å². The molecular weight excluding hydrogens is 787 g/mol. The monoisotopic (exact) mass is 882 g/mol. The summed E-state index contributed by atoms with van der Waals surface area (Å²) in [6.07, 6.45) is 28.2. The summed E-state index contributed by atoms with van der Waals surface area (Å²) in [5.74, 6) is -2.03. The van der Waals surface area contributed by atoms with Crippen molar-refractivity contribution in [3.05, 3.63) is 0 Å². The number of aliphatic hydroxyl groups excluding tert-OH is 3. The van der Waals surface area contributed by atoms with Gasteiger partial charge in [-0.05, 0) is 38.0 Å². The second-order valence-corrected chi connectivity index (χ2v) is 18.8. The van der Waals surface area contributed by atoms with Crippen LogP contribution in [-0.2, 0) is 23.9 Å². The molecule has 3 amide bonds. The molecule has 0 spiro atoms. The summed E-state index contributed by atoms with van der Waals surface area (Å²) in [7, 11) is 0. The fraction of sp³-hybridized carbons (Fsp3) is 0.920. The lowest BCUT2D eigenvalue weighted by molar-refractivity contribution is -0.231. The average Bonchev–Trinajstić information content (AvgIpc) is 3.24. The molecule has 1 rings (SSSR count). The Kier molecular flexibility index (Phi) is 35.4. The lowest BCUT2D eigenvalue weighted by atomic mass is 9.93. The molecule has 0 aliphatic carbocycles. The molecule has 1 aliphatic rings. The lowest BCUT2D eigenvalue weighted by Gasteiger charge is -2.47. The van der Waals surface area contributed by atoms with Crippen LogP contribution < -0.4 is 10.6 Å². The SMILES string of the molecule is CCCCCCCCCCCCCCCCCC(=O)N(CCCCCCCCCCCCCC)[C@@H]1O[C@H](CO)[C@@H](O)[C@H](O)[C@H]1NC(=O)[C@H](CC(C)C)NC(=O)CCCCC(=O)O. The zero-order chi connectivity index (χ0) is 45.8. The number of aliphatic hydroxyl groups is 3. The Morgan fingerprint density at radius 2 is 1.00 bits per heavy atom. The van der Waals surface area contributed by atoms with E-state index in [0.717, 1.165) is 38.5 Å². The Balaban J connectivity index is 2.95. The van der Waals surface area contributed by atoms with Gasteiger partial charge in [0.15, 0.2) is 6.23 Å². The fourth-order valence-electron chi connectivity index (χ4n) is 8.62. The molecule has 0 aromatic rings. The molecule has 62 heavy (non-hydrogen) atoms. The van der Waals surface area contributed by atoms with Crippen molar-refractivity contribution in [1.29, 1.82) is 0 Å². The number of aliphatic carboxylic acids is 1. The summed E-state index contributed by atoms with van der Waals surface area (Å²) in [6.45, 7) is 8.09. The van der Waals surface area contributed by atoms with Gasteiger partial charge < -0.3 is 40.7 Å². The molecule has 6 N–H and O–H groups in total. The number of amides is 3. The summed E-state index contributed by atoms with van der Waals surface area (Å²) in [5, 5.41) is 47.2. The van der Waals surface area contributed by atoms with E-state index in [1.54, 1.807) is 4.90 Å². The van der Waals surface area contributed by atoms with Crippen molar-refractivity contribution >= 4 is 23.7 Å². The van der Waals surface area contributed by atoms with Crippen molar-refractivity contribution in [2.75, 3.05) is 13.2 Å². The number of hydrogen-bond acceptors (Lipinski definition) is 8. The van der Waals surface area contributed by atoms with Crippen LogP contribution in [-0.4, -0.2) is 98.8 Å². The first-order valence-electron chi connectivity index (χ1n) is 25.7. The van der Waals surface area contributed by atoms with Crippen LogP contribution in [0.1, 0.15) is 240 Å². The van der Waals surface area contributed by atoms with Crippen LogP contribution in [0.5, 0.6) is 0 Å². The maximum Gasteiger partial charge on any atom is 0.303 e. The summed E-state index contributed by atoms with van der Waals surface area (Å²) in [6, 6.07) is -2.19. The van der Waals surface area contributed by atoms with Crippen molar-refractivity contribution in [2.24, 2.45) is 5.92 Å². The minimum Gasteiger partial charge on any atom is -0.481 e. The molecule has 6 atom stereocenters. The Morgan fingerprint density at radius 1 is 0.581 bits per heavy atom. The predicted octanol–water partition coefficient (Wildman–Crippen LogP) is 9.88. The number of rotatable bonds is 41. The molecule has 0 radical (unpaired) electrons. The molecule has 12 heteroatoms. The summed E-state index contributed by atoms with van der Waals surface area (Å²) < 4.78 is 6.22. The Bertz CT molecular complexity index is 1140. The maximum atomic E-state index is 14.1. The van der Waals surface area contributed by atoms with Gasteiger partial charge in [0.2, 0.25) is 17.7 Å². The predicted molar refractivity (Wildman–Crippen MR) is 250 cm³/mol. The van der Waals surface area contributed by atoms with E-state index in [-0.39, 0.29) is 37.0 Å². The van der Waals surface area contributed by atoms with Gasteiger partial charge in [0.05, 0.1) is 6.61 Å². The van der Waals surface area contributed by atoms with Gasteiger partial charge in [0.25, 0.3) is 0 Å². The fourth-order valence-corrected chi connectivity index (χ4v) is 8.62. The molecule has 1 fully saturated rings. The smallest absolute Gasteiger partial charge is 0.303 e. The van der Waals surface area contributed by atoms with Crippen LogP contribution in [0.15, 0.2) is 0 Å². The average molecular weight is 882 g/mol. The highest BCUT2D eigenvalue weighted by Gasteiger charge is 2.48. The van der Waals surface area contributed by atoms with Gasteiger partial charge in [0, 0.05) is 25.8 Å². The van der Waals surface area contributed by atoms with E-state index in [4.69, 9.17) is 9.84 Å². The lowest BCUT2D eigenvalue weighted by Crippen LogP contribution is -2.70. The van der Waals surface area contributed by atoms with Crippen molar-refractivity contribution in [3.8, 4) is 0 Å². The van der Waals surface area contributed by atoms with Crippen LogP contribution in [0.3, 0.4) is 0 Å². The van der Waals surface area contributed by atoms with Gasteiger partial charge >= 0.3 is 5.97 Å². The second kappa shape index (κ2) is 38.0. The molecule has 0 saturated carbocycles. The molecule has 0 bridgehead atoms. The van der Waals surface area contributed by atoms with Gasteiger partial charge in [-0.2, -0.15) is 0 Å². The van der Waals surface area contributed by atoms with Gasteiger partial charge in [-0.25, -0.2) is 0 Å². The van der Waals surface area contributed by atoms with Crippen LogP contribution in [0.4, 0.5) is 0 Å². The number of carboxylic acid groups (broad SMARTS) is 1. The van der Waals surface area contributed by atoms with Crippen LogP contribution in [0, 0.1) is 5.92 Å². The standard InChI is InChI=1S/C50H95N3O9/c1-5-7-9-11-13-15-17-19-20-21-22-24-26-28-30-35-44(56)53(37-33-29-27-25-23-18-16-14-12-10-8-6-2)50-46(48(60)47(59)42(39-54)62-50)52-49(61)41(38-40(3)4)51-43(55)34-31-32-36-45(57)58/h40-42,46-48,50,54,59-60H,5-39H2,1-4H3,(H,51,55)(H,52,61)(H,57,58)/t41-,42+,46+,47+,48+,50+/m0/s1. The molecule has 0 aromatic carbocycles. The van der Waals surface area contributed by atoms with Gasteiger partial charge in [-0.1, -0.05) is 188 Å². The number of ether oxygens (including phenoxy) is 1. The third kappa shape index (κ3) is 27.8. The van der Waals surface area contributed by atoms with E-state index in [1.807, 2.05) is 13.8 Å². The number of carbonyl (C=O) groups excluding carboxylic acids is 3. The van der Waals surface area contributed by atoms with E-state index in [0.29, 0.717) is 38.6 Å². The van der Waals surface area contributed by atoms with Crippen molar-refractivity contribution in [3.63, 3.8) is 0 Å². The normalized spacial score (nSPS) is 19.4. The third-order valence-electron chi connectivity index (χ3n) is 12.5. The highest BCUT2D eigenvalue weighted by Crippen LogP contribution is 2.26. The highest BCUT2D eigenvalue weighted by atomic mass is 16.5. The third-order valence-corrected chi connectivity index (χ3v) is 12.5. The second-order valence-electron chi connectivity index (χ2n) is 18.8. The number of unbranched alkanes of at least 4 members (excludes halogenated alkanes) is 26. The number of nitrogens with zero attached hydrogens (tertiary/aromatic N) is 1. The molecule has 1 aliphatic heterocycles. The number of hydrogen-bond donors (Lipinski definition) is 6. The molecule has 0 aromatic heterocycles. The number of carbonyl (C=O) groups is 4. The van der Waals surface area contributed by atoms with Crippen molar-refractivity contribution in [2.45, 2.75) is 276 Å². The van der Waals surface area contributed by atoms with E-state index in [9.17, 15) is 34.5 Å². The first-order chi connectivity index (χ1) is 30.0. The van der Waals surface area contributed by atoms with Crippen LogP contribution in [0.2, 0.25) is 0 Å². The zero-order valence-corrected chi connectivity index (χ0v) is 40.1. The van der Waals surface area contributed by atoms with Crippen molar-refractivity contribution in [1.82, 2.24) is 15.5 Å². The number of carboxylic acids is 1.